The van der Waals surface area contributed by atoms with Gasteiger partial charge in [0.2, 0.25) is 0 Å². The van der Waals surface area contributed by atoms with Gasteiger partial charge in [0.1, 0.15) is 0 Å². The average molecular weight is 138 g/mol. The second-order valence-electron chi connectivity index (χ2n) is 3.54. The summed E-state index contributed by atoms with van der Waals surface area (Å²) in [5, 5.41) is 9.26. The predicted molar refractivity (Wildman–Crippen MR) is 40.6 cm³/mol. The molecule has 0 saturated heterocycles. The van der Waals surface area contributed by atoms with Gasteiger partial charge in [-0.2, -0.15) is 0 Å². The zero-order chi connectivity index (χ0) is 6.97. The van der Waals surface area contributed by atoms with E-state index in [9.17, 15) is 5.11 Å². The van der Waals surface area contributed by atoms with Crippen molar-refractivity contribution in [3.63, 3.8) is 0 Å². The van der Waals surface area contributed by atoms with Crippen LogP contribution in [0.2, 0.25) is 0 Å². The van der Waals surface area contributed by atoms with E-state index in [0.29, 0.717) is 0 Å². The van der Waals surface area contributed by atoms with Crippen LogP contribution in [0.25, 0.3) is 0 Å². The summed E-state index contributed by atoms with van der Waals surface area (Å²) in [7, 11) is 0. The molecule has 0 aliphatic heterocycles. The maximum atomic E-state index is 9.26. The third-order valence-corrected chi connectivity index (χ3v) is 2.63. The van der Waals surface area contributed by atoms with Gasteiger partial charge in [-0.05, 0) is 31.1 Å². The van der Waals surface area contributed by atoms with Crippen molar-refractivity contribution in [2.45, 2.75) is 31.8 Å². The summed E-state index contributed by atoms with van der Waals surface area (Å²) < 4.78 is 0. The molecular formula is C9H14O. The molecule has 1 fully saturated rings. The van der Waals surface area contributed by atoms with Gasteiger partial charge in [0.05, 0.1) is 6.10 Å². The third kappa shape index (κ3) is 1.24. The van der Waals surface area contributed by atoms with E-state index in [1.807, 2.05) is 6.08 Å². The van der Waals surface area contributed by atoms with Gasteiger partial charge in [0.25, 0.3) is 0 Å². The van der Waals surface area contributed by atoms with Crippen molar-refractivity contribution in [2.24, 2.45) is 11.8 Å². The molecular weight excluding hydrogens is 124 g/mol. The minimum Gasteiger partial charge on any atom is -0.389 e. The fourth-order valence-corrected chi connectivity index (χ4v) is 1.80. The van der Waals surface area contributed by atoms with E-state index in [1.165, 1.54) is 19.3 Å². The Hall–Kier alpha value is -0.300. The number of hydrogen-bond acceptors (Lipinski definition) is 1. The molecule has 56 valence electrons. The molecule has 1 N–H and O–H groups in total. The Morgan fingerprint density at radius 2 is 2.10 bits per heavy atom. The topological polar surface area (TPSA) is 20.2 Å². The average Bonchev–Trinajstić information content (AvgIpc) is 2.59. The van der Waals surface area contributed by atoms with Crippen molar-refractivity contribution in [1.82, 2.24) is 0 Å². The molecule has 10 heavy (non-hydrogen) atoms. The lowest BCUT2D eigenvalue weighted by Gasteiger charge is -2.07. The van der Waals surface area contributed by atoms with Crippen LogP contribution in [0.4, 0.5) is 0 Å². The predicted octanol–water partition coefficient (Wildman–Crippen LogP) is 1.72. The van der Waals surface area contributed by atoms with Crippen LogP contribution in [0.3, 0.4) is 0 Å². The summed E-state index contributed by atoms with van der Waals surface area (Å²) in [6.45, 7) is 0. The standard InChI is InChI=1S/C9H14O/c10-9-3-1-2-7-6-8(7)4-5-9/h4-5,7-10H,1-3,6H2/t7-,8+,9+/m1/s1. The first kappa shape index (κ1) is 6.41. The lowest BCUT2D eigenvalue weighted by atomic mass is 10.0. The highest BCUT2D eigenvalue weighted by molar-refractivity contribution is 5.05. The maximum Gasteiger partial charge on any atom is 0.0721 e. The Morgan fingerprint density at radius 1 is 1.20 bits per heavy atom. The third-order valence-electron chi connectivity index (χ3n) is 2.63. The summed E-state index contributed by atoms with van der Waals surface area (Å²) in [5.41, 5.74) is 0. The minimum atomic E-state index is -0.151. The summed E-state index contributed by atoms with van der Waals surface area (Å²) in [4.78, 5) is 0. The maximum absolute atomic E-state index is 9.26. The molecule has 3 atom stereocenters. The molecule has 1 heteroatoms. The van der Waals surface area contributed by atoms with E-state index in [-0.39, 0.29) is 6.10 Å². The van der Waals surface area contributed by atoms with Crippen LogP contribution in [0.15, 0.2) is 12.2 Å². The largest absolute Gasteiger partial charge is 0.389 e. The van der Waals surface area contributed by atoms with E-state index < -0.39 is 0 Å². The second-order valence-corrected chi connectivity index (χ2v) is 3.54. The zero-order valence-corrected chi connectivity index (χ0v) is 6.16. The smallest absolute Gasteiger partial charge is 0.0721 e. The summed E-state index contributed by atoms with van der Waals surface area (Å²) in [6, 6.07) is 0. The lowest BCUT2D eigenvalue weighted by molar-refractivity contribution is 0.205. The van der Waals surface area contributed by atoms with E-state index in [0.717, 1.165) is 18.3 Å². The fraction of sp³-hybridized carbons (Fsp3) is 0.778. The van der Waals surface area contributed by atoms with Crippen LogP contribution in [0.5, 0.6) is 0 Å². The summed E-state index contributed by atoms with van der Waals surface area (Å²) in [6.07, 6.45) is 8.93. The number of hydrogen-bond donors (Lipinski definition) is 1. The van der Waals surface area contributed by atoms with Crippen LogP contribution in [-0.4, -0.2) is 11.2 Å². The SMILES string of the molecule is O[C@@H]1C=C[C@H]2C[C@H]2CCC1. The fourth-order valence-electron chi connectivity index (χ4n) is 1.80. The lowest BCUT2D eigenvalue weighted by Crippen LogP contribution is -2.03. The first-order chi connectivity index (χ1) is 4.86. The first-order valence-corrected chi connectivity index (χ1v) is 4.22. The van der Waals surface area contributed by atoms with Crippen molar-refractivity contribution in [3.05, 3.63) is 12.2 Å². The molecule has 1 nitrogen and oxygen atoms in total. The first-order valence-electron chi connectivity index (χ1n) is 4.22. The van der Waals surface area contributed by atoms with Crippen LogP contribution in [-0.2, 0) is 0 Å². The Kier molecular flexibility index (Phi) is 1.53. The molecule has 0 spiro atoms. The summed E-state index contributed by atoms with van der Waals surface area (Å²) >= 11 is 0. The van der Waals surface area contributed by atoms with Crippen LogP contribution in [0.1, 0.15) is 25.7 Å². The molecule has 2 aliphatic rings. The Bertz CT molecular complexity index is 147. The van der Waals surface area contributed by atoms with Gasteiger partial charge in [-0.1, -0.05) is 18.6 Å². The van der Waals surface area contributed by atoms with Gasteiger partial charge in [-0.3, -0.25) is 0 Å². The van der Waals surface area contributed by atoms with Gasteiger partial charge in [-0.25, -0.2) is 0 Å². The molecule has 0 amide bonds. The summed E-state index contributed by atoms with van der Waals surface area (Å²) in [5.74, 6) is 1.80. The molecule has 2 rings (SSSR count). The molecule has 0 radical (unpaired) electrons. The van der Waals surface area contributed by atoms with Gasteiger partial charge in [-0.15, -0.1) is 0 Å². The van der Waals surface area contributed by atoms with Gasteiger partial charge in [0, 0.05) is 0 Å². The van der Waals surface area contributed by atoms with Crippen LogP contribution in [0, 0.1) is 11.8 Å². The zero-order valence-electron chi connectivity index (χ0n) is 6.16. The van der Waals surface area contributed by atoms with E-state index >= 15 is 0 Å². The monoisotopic (exact) mass is 138 g/mol. The molecule has 0 unspecified atom stereocenters. The number of aliphatic hydroxyl groups excluding tert-OH is 1. The van der Waals surface area contributed by atoms with Crippen molar-refractivity contribution in [1.29, 1.82) is 0 Å². The minimum absolute atomic E-state index is 0.151. The van der Waals surface area contributed by atoms with Crippen molar-refractivity contribution in [2.75, 3.05) is 0 Å². The van der Waals surface area contributed by atoms with Crippen molar-refractivity contribution in [3.8, 4) is 0 Å². The molecule has 0 aromatic rings. The van der Waals surface area contributed by atoms with Gasteiger partial charge < -0.3 is 5.11 Å². The van der Waals surface area contributed by atoms with Crippen LogP contribution < -0.4 is 0 Å². The molecule has 2 aliphatic carbocycles. The number of fused-ring (bicyclic) bond motifs is 1. The second kappa shape index (κ2) is 2.39. The van der Waals surface area contributed by atoms with E-state index in [2.05, 4.69) is 6.08 Å². The highest BCUT2D eigenvalue weighted by Gasteiger charge is 2.34. The molecule has 0 bridgehead atoms. The molecule has 0 aromatic heterocycles. The number of allylic oxidation sites excluding steroid dienone is 1. The Labute approximate surface area is 61.8 Å². The Balaban J connectivity index is 1.98. The molecule has 1 saturated carbocycles. The normalized spacial score (nSPS) is 45.5. The van der Waals surface area contributed by atoms with E-state index in [4.69, 9.17) is 0 Å². The van der Waals surface area contributed by atoms with Crippen LogP contribution >= 0.6 is 0 Å². The van der Waals surface area contributed by atoms with Crippen molar-refractivity contribution >= 4 is 0 Å². The van der Waals surface area contributed by atoms with Gasteiger partial charge in [0.15, 0.2) is 0 Å². The highest BCUT2D eigenvalue weighted by Crippen LogP contribution is 2.44. The number of aliphatic hydroxyl groups is 1. The number of rotatable bonds is 0. The molecule has 0 aromatic carbocycles. The highest BCUT2D eigenvalue weighted by atomic mass is 16.3. The quantitative estimate of drug-likeness (QED) is 0.505. The van der Waals surface area contributed by atoms with Crippen molar-refractivity contribution < 1.29 is 5.11 Å². The van der Waals surface area contributed by atoms with Gasteiger partial charge >= 0.3 is 0 Å². The Morgan fingerprint density at radius 3 is 3.00 bits per heavy atom. The van der Waals surface area contributed by atoms with E-state index in [1.54, 1.807) is 0 Å². The molecule has 0 heterocycles.